The van der Waals surface area contributed by atoms with E-state index in [1.807, 2.05) is 31.6 Å². The van der Waals surface area contributed by atoms with E-state index in [-0.39, 0.29) is 24.2 Å². The Kier molecular flexibility index (Phi) is 4.26. The number of Topliss-reactive ketones (excluding diaryl/α,β-unsaturated/α-hetero) is 1. The number of aromatic nitrogens is 2. The van der Waals surface area contributed by atoms with Crippen molar-refractivity contribution >= 4 is 18.2 Å². The van der Waals surface area contributed by atoms with Gasteiger partial charge < -0.3 is 5.73 Å². The Bertz CT molecular complexity index is 636. The van der Waals surface area contributed by atoms with Crippen molar-refractivity contribution in [2.75, 3.05) is 0 Å². The number of fused-ring (bicyclic) bond motifs is 1. The zero-order valence-electron chi connectivity index (χ0n) is 11.4. The Labute approximate surface area is 124 Å². The highest BCUT2D eigenvalue weighted by Gasteiger charge is 2.22. The van der Waals surface area contributed by atoms with E-state index in [4.69, 9.17) is 5.73 Å². The molecule has 0 saturated carbocycles. The third-order valence-electron chi connectivity index (χ3n) is 3.77. The Balaban J connectivity index is 0.00000147. The van der Waals surface area contributed by atoms with Gasteiger partial charge in [-0.2, -0.15) is 5.10 Å². The average Bonchev–Trinajstić information content (AvgIpc) is 2.76. The van der Waals surface area contributed by atoms with Crippen molar-refractivity contribution in [3.05, 3.63) is 41.7 Å². The normalized spacial score (nSPS) is 18.1. The van der Waals surface area contributed by atoms with Crippen molar-refractivity contribution in [2.45, 2.75) is 25.3 Å². The number of carbonyl (C=O) groups excluding carboxylic acids is 1. The van der Waals surface area contributed by atoms with Gasteiger partial charge in [-0.3, -0.25) is 9.48 Å². The third-order valence-corrected chi connectivity index (χ3v) is 3.77. The van der Waals surface area contributed by atoms with Gasteiger partial charge in [-0.1, -0.05) is 18.2 Å². The van der Waals surface area contributed by atoms with Crippen LogP contribution in [0.15, 0.2) is 30.6 Å². The predicted molar refractivity (Wildman–Crippen MR) is 80.9 cm³/mol. The Morgan fingerprint density at radius 2 is 2.20 bits per heavy atom. The summed E-state index contributed by atoms with van der Waals surface area (Å²) >= 11 is 0. The molecule has 0 radical (unpaired) electrons. The first-order valence-corrected chi connectivity index (χ1v) is 6.53. The van der Waals surface area contributed by atoms with Gasteiger partial charge in [0.1, 0.15) is 0 Å². The number of benzene rings is 1. The molecule has 1 aromatic carbocycles. The summed E-state index contributed by atoms with van der Waals surface area (Å²) in [6.45, 7) is 0. The van der Waals surface area contributed by atoms with Crippen LogP contribution in [0.25, 0.3) is 11.1 Å². The lowest BCUT2D eigenvalue weighted by molar-refractivity contribution is -0.119. The molecular weight excluding hydrogens is 274 g/mol. The zero-order valence-corrected chi connectivity index (χ0v) is 12.2. The first-order valence-electron chi connectivity index (χ1n) is 6.53. The van der Waals surface area contributed by atoms with Crippen LogP contribution in [0.3, 0.4) is 0 Å². The van der Waals surface area contributed by atoms with Crippen LogP contribution < -0.4 is 5.73 Å². The Morgan fingerprint density at radius 3 is 2.90 bits per heavy atom. The molecule has 0 spiro atoms. The number of halogens is 1. The first kappa shape index (κ1) is 14.8. The van der Waals surface area contributed by atoms with Crippen molar-refractivity contribution in [1.82, 2.24) is 9.78 Å². The number of rotatable bonds is 1. The maximum atomic E-state index is 11.9. The minimum atomic E-state index is -0.325. The summed E-state index contributed by atoms with van der Waals surface area (Å²) in [5.41, 5.74) is 10.5. The van der Waals surface area contributed by atoms with Gasteiger partial charge in [-0.05, 0) is 29.5 Å². The molecule has 1 aromatic heterocycles. The Hall–Kier alpha value is -1.65. The van der Waals surface area contributed by atoms with E-state index in [1.165, 1.54) is 11.1 Å². The molecule has 3 rings (SSSR count). The van der Waals surface area contributed by atoms with Gasteiger partial charge >= 0.3 is 0 Å². The molecule has 106 valence electrons. The lowest BCUT2D eigenvalue weighted by Gasteiger charge is -2.10. The van der Waals surface area contributed by atoms with Gasteiger partial charge in [-0.15, -0.1) is 12.4 Å². The molecule has 1 atom stereocenters. The fraction of sp³-hybridized carbons (Fsp3) is 0.333. The molecule has 20 heavy (non-hydrogen) atoms. The van der Waals surface area contributed by atoms with E-state index in [2.05, 4.69) is 11.2 Å². The maximum absolute atomic E-state index is 11.9. The lowest BCUT2D eigenvalue weighted by Crippen LogP contribution is -2.30. The quantitative estimate of drug-likeness (QED) is 0.816. The van der Waals surface area contributed by atoms with Gasteiger partial charge in [0.2, 0.25) is 0 Å². The van der Waals surface area contributed by atoms with Crippen molar-refractivity contribution in [3.8, 4) is 11.1 Å². The van der Waals surface area contributed by atoms with Gasteiger partial charge in [-0.25, -0.2) is 0 Å². The molecule has 4 nitrogen and oxygen atoms in total. The third kappa shape index (κ3) is 2.62. The number of aryl methyl sites for hydroxylation is 1. The van der Waals surface area contributed by atoms with E-state index in [9.17, 15) is 4.79 Å². The summed E-state index contributed by atoms with van der Waals surface area (Å²) in [5, 5.41) is 4.22. The molecule has 0 fully saturated rings. The second-order valence-electron chi connectivity index (χ2n) is 5.13. The van der Waals surface area contributed by atoms with Crippen LogP contribution in [0.5, 0.6) is 0 Å². The van der Waals surface area contributed by atoms with E-state index in [0.29, 0.717) is 6.42 Å². The first-order chi connectivity index (χ1) is 9.15. The highest BCUT2D eigenvalue weighted by atomic mass is 35.5. The molecule has 1 unspecified atom stereocenters. The van der Waals surface area contributed by atoms with Crippen molar-refractivity contribution in [2.24, 2.45) is 12.8 Å². The number of hydrogen-bond acceptors (Lipinski definition) is 3. The number of nitrogens with zero attached hydrogens (tertiary/aromatic N) is 2. The van der Waals surface area contributed by atoms with Crippen LogP contribution in [0.4, 0.5) is 0 Å². The molecule has 0 bridgehead atoms. The largest absolute Gasteiger partial charge is 0.321 e. The van der Waals surface area contributed by atoms with Gasteiger partial charge in [0.15, 0.2) is 5.78 Å². The highest BCUT2D eigenvalue weighted by Crippen LogP contribution is 2.29. The monoisotopic (exact) mass is 291 g/mol. The Morgan fingerprint density at radius 1 is 1.40 bits per heavy atom. The maximum Gasteiger partial charge on any atom is 0.153 e. The van der Waals surface area contributed by atoms with E-state index < -0.39 is 0 Å². The minimum absolute atomic E-state index is 0. The summed E-state index contributed by atoms with van der Waals surface area (Å²) in [7, 11) is 1.91. The number of hydrogen-bond donors (Lipinski definition) is 1. The van der Waals surface area contributed by atoms with Crippen LogP contribution in [0.2, 0.25) is 0 Å². The number of ketones is 1. The van der Waals surface area contributed by atoms with Gasteiger partial charge in [0.05, 0.1) is 12.2 Å². The second-order valence-corrected chi connectivity index (χ2v) is 5.13. The van der Waals surface area contributed by atoms with Crippen LogP contribution in [-0.2, 0) is 24.7 Å². The fourth-order valence-corrected chi connectivity index (χ4v) is 2.71. The molecular formula is C15H18ClN3O. The minimum Gasteiger partial charge on any atom is -0.321 e. The summed E-state index contributed by atoms with van der Waals surface area (Å²) < 4.78 is 1.79. The molecule has 0 amide bonds. The van der Waals surface area contributed by atoms with Crippen molar-refractivity contribution in [3.63, 3.8) is 0 Å². The van der Waals surface area contributed by atoms with E-state index >= 15 is 0 Å². The van der Waals surface area contributed by atoms with Crippen LogP contribution >= 0.6 is 12.4 Å². The van der Waals surface area contributed by atoms with Crippen molar-refractivity contribution < 1.29 is 4.79 Å². The molecule has 0 aliphatic heterocycles. The molecule has 0 saturated heterocycles. The summed E-state index contributed by atoms with van der Waals surface area (Å²) in [6, 6.07) is 5.81. The van der Waals surface area contributed by atoms with Crippen molar-refractivity contribution in [1.29, 1.82) is 0 Å². The molecule has 1 aliphatic rings. The summed E-state index contributed by atoms with van der Waals surface area (Å²) in [4.78, 5) is 11.9. The topological polar surface area (TPSA) is 60.9 Å². The SMILES string of the molecule is Cl.Cn1cc(-c2cccc3c2CCC(N)C(=O)C3)cn1. The van der Waals surface area contributed by atoms with Crippen LogP contribution in [0.1, 0.15) is 17.5 Å². The number of carbonyl (C=O) groups is 1. The smallest absolute Gasteiger partial charge is 0.153 e. The van der Waals surface area contributed by atoms with Crippen LogP contribution in [-0.4, -0.2) is 21.6 Å². The molecule has 1 heterocycles. The second kappa shape index (κ2) is 5.77. The molecule has 5 heteroatoms. The highest BCUT2D eigenvalue weighted by molar-refractivity contribution is 5.87. The zero-order chi connectivity index (χ0) is 13.4. The van der Waals surface area contributed by atoms with E-state index in [1.54, 1.807) is 4.68 Å². The summed E-state index contributed by atoms with van der Waals surface area (Å²) in [6.07, 6.45) is 5.89. The lowest BCUT2D eigenvalue weighted by atomic mass is 9.94. The standard InChI is InChI=1S/C15H17N3O.ClH/c1-18-9-11(8-17-18)12-4-2-3-10-7-15(19)14(16)6-5-13(10)12;/h2-4,8-9,14H,5-7,16H2,1H3;1H. The van der Waals surface area contributed by atoms with E-state index in [0.717, 1.165) is 24.0 Å². The average molecular weight is 292 g/mol. The molecule has 2 N–H and O–H groups in total. The summed E-state index contributed by atoms with van der Waals surface area (Å²) in [5.74, 6) is 0.141. The van der Waals surface area contributed by atoms with Gasteiger partial charge in [0.25, 0.3) is 0 Å². The fourth-order valence-electron chi connectivity index (χ4n) is 2.71. The molecule has 1 aliphatic carbocycles. The predicted octanol–water partition coefficient (Wildman–Crippen LogP) is 1.89. The number of nitrogens with two attached hydrogens (primary N) is 1. The molecule has 2 aromatic rings. The van der Waals surface area contributed by atoms with Gasteiger partial charge in [0, 0.05) is 25.2 Å². The van der Waals surface area contributed by atoms with Crippen LogP contribution in [0, 0.1) is 0 Å².